The Balaban J connectivity index is 3.15. The zero-order valence-corrected chi connectivity index (χ0v) is 9.05. The number of unbranched alkanes of at least 4 members (excludes halogenated alkanes) is 4. The third kappa shape index (κ3) is 11.4. The van der Waals surface area contributed by atoms with E-state index in [0.717, 1.165) is 19.5 Å². The topological polar surface area (TPSA) is 24.7 Å². The zero-order valence-electron chi connectivity index (χ0n) is 9.05. The average molecular weight is 182 g/mol. The molecule has 0 heterocycles. The first kappa shape index (κ1) is 12.4. The molecule has 2 heteroatoms. The zero-order chi connectivity index (χ0) is 9.78. The first-order valence-electron chi connectivity index (χ1n) is 5.49. The van der Waals surface area contributed by atoms with E-state index in [1.54, 1.807) is 0 Å². The van der Waals surface area contributed by atoms with Crippen molar-refractivity contribution in [2.45, 2.75) is 52.4 Å². The van der Waals surface area contributed by atoms with E-state index in [4.69, 9.17) is 0 Å². The summed E-state index contributed by atoms with van der Waals surface area (Å²) >= 11 is 0. The van der Waals surface area contributed by atoms with Crippen LogP contribution in [0.2, 0.25) is 0 Å². The van der Waals surface area contributed by atoms with Crippen LogP contribution in [0.5, 0.6) is 0 Å². The first-order chi connectivity index (χ1) is 6.41. The van der Waals surface area contributed by atoms with Gasteiger partial charge in [0.1, 0.15) is 0 Å². The summed E-state index contributed by atoms with van der Waals surface area (Å²) in [6.45, 7) is 6.16. The molecule has 0 fully saturated rings. The van der Waals surface area contributed by atoms with Crippen LogP contribution < -0.4 is 0 Å². The van der Waals surface area contributed by atoms with E-state index in [0.29, 0.717) is 0 Å². The molecule has 0 amide bonds. The van der Waals surface area contributed by atoms with Gasteiger partial charge >= 0.3 is 0 Å². The number of hydrogen-bond acceptors (Lipinski definition) is 2. The largest absolute Gasteiger partial charge is 0.226 e. The van der Waals surface area contributed by atoms with Crippen LogP contribution in [0.3, 0.4) is 0 Å². The Morgan fingerprint density at radius 2 is 1.38 bits per heavy atom. The van der Waals surface area contributed by atoms with Crippen molar-refractivity contribution in [3.05, 3.63) is 0 Å². The molecular weight excluding hydrogens is 160 g/mol. The molecule has 0 aliphatic heterocycles. The summed E-state index contributed by atoms with van der Waals surface area (Å²) in [6, 6.07) is 2.75. The predicted molar refractivity (Wildman–Crippen MR) is 58.6 cm³/mol. The summed E-state index contributed by atoms with van der Waals surface area (Å²) in [5.74, 6) is 0. The molecular formula is C11H22N2. The Labute approximate surface area is 82.2 Å². The molecule has 0 radical (unpaired) electrons. The van der Waals surface area contributed by atoms with Crippen molar-refractivity contribution < 1.29 is 0 Å². The number of hydrogen-bond donors (Lipinski definition) is 0. The fraction of sp³-hybridized carbons (Fsp3) is 0.909. The highest BCUT2D eigenvalue weighted by atomic mass is 14.8. The molecule has 0 saturated carbocycles. The van der Waals surface area contributed by atoms with E-state index in [-0.39, 0.29) is 0 Å². The molecule has 76 valence electrons. The van der Waals surface area contributed by atoms with Gasteiger partial charge in [-0.2, -0.15) is 0 Å². The standard InChI is InChI=1S/C11H22N2/c1-3-5-7-8-10-13-11-12-9-6-4-2/h3-10H2,1-2H3. The van der Waals surface area contributed by atoms with Gasteiger partial charge in [0, 0.05) is 13.1 Å². The van der Waals surface area contributed by atoms with Crippen molar-refractivity contribution in [2.75, 3.05) is 13.1 Å². The van der Waals surface area contributed by atoms with Crippen molar-refractivity contribution in [1.29, 1.82) is 0 Å². The van der Waals surface area contributed by atoms with Gasteiger partial charge in [0.15, 0.2) is 0 Å². The highest BCUT2D eigenvalue weighted by Gasteiger charge is 1.83. The second-order valence-corrected chi connectivity index (χ2v) is 3.28. The molecule has 0 aliphatic carbocycles. The van der Waals surface area contributed by atoms with Crippen LogP contribution in [-0.2, 0) is 0 Å². The Bertz CT molecular complexity index is 146. The summed E-state index contributed by atoms with van der Waals surface area (Å²) in [4.78, 5) is 8.16. The lowest BCUT2D eigenvalue weighted by atomic mass is 10.2. The molecule has 0 rings (SSSR count). The van der Waals surface area contributed by atoms with Crippen LogP contribution in [0.25, 0.3) is 0 Å². The lowest BCUT2D eigenvalue weighted by molar-refractivity contribution is 0.676. The van der Waals surface area contributed by atoms with Gasteiger partial charge in [-0.3, -0.25) is 0 Å². The second-order valence-electron chi connectivity index (χ2n) is 3.28. The van der Waals surface area contributed by atoms with Gasteiger partial charge in [0.25, 0.3) is 0 Å². The molecule has 0 N–H and O–H groups in total. The summed E-state index contributed by atoms with van der Waals surface area (Å²) in [7, 11) is 0. The number of aliphatic imine (C=N–C) groups is 2. The van der Waals surface area contributed by atoms with Crippen molar-refractivity contribution in [1.82, 2.24) is 0 Å². The normalized spacial score (nSPS) is 9.38. The fourth-order valence-corrected chi connectivity index (χ4v) is 1.00. The van der Waals surface area contributed by atoms with E-state index in [2.05, 4.69) is 29.8 Å². The maximum atomic E-state index is 4.10. The Morgan fingerprint density at radius 3 is 2.00 bits per heavy atom. The van der Waals surface area contributed by atoms with Crippen LogP contribution in [-0.4, -0.2) is 19.1 Å². The summed E-state index contributed by atoms with van der Waals surface area (Å²) in [5.41, 5.74) is 0. The summed E-state index contributed by atoms with van der Waals surface area (Å²) in [5, 5.41) is 0. The third-order valence-electron chi connectivity index (χ3n) is 1.89. The molecule has 0 atom stereocenters. The van der Waals surface area contributed by atoms with Crippen LogP contribution in [0.15, 0.2) is 9.98 Å². The Hall–Kier alpha value is -0.620. The van der Waals surface area contributed by atoms with Crippen molar-refractivity contribution in [2.24, 2.45) is 9.98 Å². The maximum absolute atomic E-state index is 4.10. The van der Waals surface area contributed by atoms with Crippen LogP contribution in [0.1, 0.15) is 52.4 Å². The predicted octanol–water partition coefficient (Wildman–Crippen LogP) is 3.54. The van der Waals surface area contributed by atoms with Crippen LogP contribution in [0.4, 0.5) is 0 Å². The van der Waals surface area contributed by atoms with E-state index in [1.807, 2.05) is 0 Å². The van der Waals surface area contributed by atoms with E-state index < -0.39 is 0 Å². The fourth-order valence-electron chi connectivity index (χ4n) is 1.00. The summed E-state index contributed by atoms with van der Waals surface area (Å²) in [6.07, 6.45) is 7.43. The molecule has 0 bridgehead atoms. The number of rotatable bonds is 8. The molecule has 0 aliphatic rings. The Kier molecular flexibility index (Phi) is 10.8. The first-order valence-corrected chi connectivity index (χ1v) is 5.49. The van der Waals surface area contributed by atoms with Crippen LogP contribution in [0, 0.1) is 0 Å². The van der Waals surface area contributed by atoms with Gasteiger partial charge < -0.3 is 0 Å². The van der Waals surface area contributed by atoms with Crippen molar-refractivity contribution in [3.63, 3.8) is 0 Å². The molecule has 0 unspecified atom stereocenters. The molecule has 0 aromatic carbocycles. The molecule has 13 heavy (non-hydrogen) atoms. The maximum Gasteiger partial charge on any atom is 0.0892 e. The third-order valence-corrected chi connectivity index (χ3v) is 1.89. The molecule has 0 aromatic rings. The lowest BCUT2D eigenvalue weighted by Crippen LogP contribution is -1.81. The van der Waals surface area contributed by atoms with E-state index >= 15 is 0 Å². The van der Waals surface area contributed by atoms with Gasteiger partial charge in [0.05, 0.1) is 6.01 Å². The summed E-state index contributed by atoms with van der Waals surface area (Å²) < 4.78 is 0. The smallest absolute Gasteiger partial charge is 0.0892 e. The number of nitrogens with zero attached hydrogens (tertiary/aromatic N) is 2. The lowest BCUT2D eigenvalue weighted by Gasteiger charge is -1.91. The minimum absolute atomic E-state index is 0.884. The minimum atomic E-state index is 0.884. The van der Waals surface area contributed by atoms with E-state index in [9.17, 15) is 0 Å². The second kappa shape index (κ2) is 11.4. The highest BCUT2D eigenvalue weighted by molar-refractivity contribution is 5.40. The molecule has 0 spiro atoms. The van der Waals surface area contributed by atoms with Gasteiger partial charge in [-0.1, -0.05) is 39.5 Å². The Morgan fingerprint density at radius 1 is 0.769 bits per heavy atom. The van der Waals surface area contributed by atoms with Crippen molar-refractivity contribution in [3.8, 4) is 0 Å². The van der Waals surface area contributed by atoms with E-state index in [1.165, 1.54) is 32.1 Å². The average Bonchev–Trinajstić information content (AvgIpc) is 2.16. The van der Waals surface area contributed by atoms with Crippen LogP contribution >= 0.6 is 0 Å². The van der Waals surface area contributed by atoms with Gasteiger partial charge in [0.2, 0.25) is 0 Å². The quantitative estimate of drug-likeness (QED) is 0.405. The van der Waals surface area contributed by atoms with Gasteiger partial charge in [-0.25, -0.2) is 9.98 Å². The van der Waals surface area contributed by atoms with Crippen molar-refractivity contribution >= 4 is 6.01 Å². The minimum Gasteiger partial charge on any atom is -0.226 e. The molecule has 0 saturated heterocycles. The van der Waals surface area contributed by atoms with Gasteiger partial charge in [-0.15, -0.1) is 0 Å². The molecule has 0 aromatic heterocycles. The highest BCUT2D eigenvalue weighted by Crippen LogP contribution is 1.97. The van der Waals surface area contributed by atoms with Gasteiger partial charge in [-0.05, 0) is 12.8 Å². The molecule has 2 nitrogen and oxygen atoms in total. The SMILES string of the molecule is CCCCCCN=C=NCCCC. The monoisotopic (exact) mass is 182 g/mol.